The van der Waals surface area contributed by atoms with E-state index in [0.717, 1.165) is 40.8 Å². The normalized spacial score (nSPS) is 19.0. The Hall–Kier alpha value is -3.90. The number of ether oxygens (including phenoxy) is 2. The molecule has 3 aromatic carbocycles. The molecule has 6 nitrogen and oxygen atoms in total. The lowest BCUT2D eigenvalue weighted by Gasteiger charge is -2.27. The van der Waals surface area contributed by atoms with Crippen LogP contribution in [0.3, 0.4) is 0 Å². The molecule has 0 saturated carbocycles. The Bertz CT molecular complexity index is 1520. The largest absolute Gasteiger partial charge is 0.489 e. The summed E-state index contributed by atoms with van der Waals surface area (Å²) in [5.41, 5.74) is 4.64. The molecule has 6 rings (SSSR count). The number of aryl methyl sites for hydroxylation is 2. The summed E-state index contributed by atoms with van der Waals surface area (Å²) in [4.78, 5) is 29.2. The van der Waals surface area contributed by atoms with Crippen LogP contribution in [0, 0.1) is 13.8 Å². The van der Waals surface area contributed by atoms with Crippen molar-refractivity contribution in [1.82, 2.24) is 4.90 Å². The molecule has 3 heterocycles. The van der Waals surface area contributed by atoms with E-state index in [2.05, 4.69) is 0 Å². The van der Waals surface area contributed by atoms with E-state index in [9.17, 15) is 9.59 Å². The van der Waals surface area contributed by atoms with Gasteiger partial charge in [-0.2, -0.15) is 0 Å². The Morgan fingerprint density at radius 2 is 1.73 bits per heavy atom. The summed E-state index contributed by atoms with van der Waals surface area (Å²) in [5, 5.41) is 0.501. The van der Waals surface area contributed by atoms with Crippen LogP contribution in [0.4, 0.5) is 0 Å². The minimum absolute atomic E-state index is 0.0525. The first-order chi connectivity index (χ1) is 18.0. The quantitative estimate of drug-likeness (QED) is 0.343. The number of amides is 1. The molecule has 0 bridgehead atoms. The third kappa shape index (κ3) is 4.31. The average Bonchev–Trinajstić information content (AvgIpc) is 3.52. The van der Waals surface area contributed by atoms with Crippen LogP contribution in [-0.4, -0.2) is 30.1 Å². The Kier molecular flexibility index (Phi) is 6.05. The van der Waals surface area contributed by atoms with Gasteiger partial charge in [-0.15, -0.1) is 0 Å². The molecule has 1 saturated heterocycles. The van der Waals surface area contributed by atoms with Crippen LogP contribution in [0.15, 0.2) is 75.9 Å². The predicted octanol–water partition coefficient (Wildman–Crippen LogP) is 5.71. The van der Waals surface area contributed by atoms with Crippen molar-refractivity contribution in [1.29, 1.82) is 0 Å². The van der Waals surface area contributed by atoms with Gasteiger partial charge in [0.2, 0.25) is 5.76 Å². The van der Waals surface area contributed by atoms with Gasteiger partial charge in [0.05, 0.1) is 23.1 Å². The highest BCUT2D eigenvalue weighted by molar-refractivity contribution is 5.99. The Morgan fingerprint density at radius 1 is 0.973 bits per heavy atom. The Balaban J connectivity index is 1.39. The number of carbonyl (C=O) groups is 1. The number of fused-ring (bicyclic) bond motifs is 2. The van der Waals surface area contributed by atoms with E-state index in [4.69, 9.17) is 13.9 Å². The topological polar surface area (TPSA) is 69.0 Å². The van der Waals surface area contributed by atoms with Crippen molar-refractivity contribution in [3.05, 3.63) is 111 Å². The SMILES string of the molecule is Cc1cc2oc3c(c(=O)c2cc1C)C(c1ccc(OCc2ccccc2)cc1)N(CC1CCCO1)C3=O. The highest BCUT2D eigenvalue weighted by atomic mass is 16.5. The van der Waals surface area contributed by atoms with Gasteiger partial charge in [-0.25, -0.2) is 0 Å². The highest BCUT2D eigenvalue weighted by Gasteiger charge is 2.44. The van der Waals surface area contributed by atoms with E-state index in [1.165, 1.54) is 0 Å². The monoisotopic (exact) mass is 495 g/mol. The molecule has 0 aliphatic carbocycles. The van der Waals surface area contributed by atoms with E-state index < -0.39 is 6.04 Å². The second-order valence-electron chi connectivity index (χ2n) is 9.94. The van der Waals surface area contributed by atoms with E-state index in [1.807, 2.05) is 80.6 Å². The number of benzene rings is 3. The first-order valence-corrected chi connectivity index (χ1v) is 12.8. The molecular weight excluding hydrogens is 466 g/mol. The summed E-state index contributed by atoms with van der Waals surface area (Å²) >= 11 is 0. The number of hydrogen-bond acceptors (Lipinski definition) is 5. The molecule has 188 valence electrons. The number of carbonyl (C=O) groups excluding carboxylic acids is 1. The van der Waals surface area contributed by atoms with Gasteiger partial charge < -0.3 is 18.8 Å². The van der Waals surface area contributed by atoms with Crippen LogP contribution in [0.2, 0.25) is 0 Å². The molecule has 1 fully saturated rings. The number of nitrogens with zero attached hydrogens (tertiary/aromatic N) is 1. The zero-order valence-electron chi connectivity index (χ0n) is 21.0. The maximum Gasteiger partial charge on any atom is 0.291 e. The van der Waals surface area contributed by atoms with Gasteiger partial charge in [0.25, 0.3) is 5.91 Å². The van der Waals surface area contributed by atoms with Gasteiger partial charge in [-0.05, 0) is 73.2 Å². The second-order valence-corrected chi connectivity index (χ2v) is 9.94. The summed E-state index contributed by atoms with van der Waals surface area (Å²) in [6.07, 6.45) is 1.81. The highest BCUT2D eigenvalue weighted by Crippen LogP contribution is 2.39. The fraction of sp³-hybridized carbons (Fsp3) is 0.290. The van der Waals surface area contributed by atoms with Gasteiger partial charge in [0.1, 0.15) is 17.9 Å². The van der Waals surface area contributed by atoms with Crippen molar-refractivity contribution in [2.45, 2.75) is 45.4 Å². The maximum absolute atomic E-state index is 13.8. The third-order valence-corrected chi connectivity index (χ3v) is 7.45. The van der Waals surface area contributed by atoms with Gasteiger partial charge in [-0.1, -0.05) is 42.5 Å². The molecule has 4 aromatic rings. The molecule has 37 heavy (non-hydrogen) atoms. The van der Waals surface area contributed by atoms with Crippen molar-refractivity contribution >= 4 is 16.9 Å². The minimum Gasteiger partial charge on any atom is -0.489 e. The summed E-state index contributed by atoms with van der Waals surface area (Å²) in [6, 6.07) is 20.8. The molecular formula is C31H29NO5. The van der Waals surface area contributed by atoms with E-state index >= 15 is 0 Å². The van der Waals surface area contributed by atoms with E-state index in [1.54, 1.807) is 4.90 Å². The Morgan fingerprint density at radius 3 is 2.46 bits per heavy atom. The average molecular weight is 496 g/mol. The van der Waals surface area contributed by atoms with Crippen LogP contribution in [0.5, 0.6) is 5.75 Å². The lowest BCUT2D eigenvalue weighted by Crippen LogP contribution is -2.36. The van der Waals surface area contributed by atoms with Gasteiger partial charge >= 0.3 is 0 Å². The molecule has 0 radical (unpaired) electrons. The summed E-state index contributed by atoms with van der Waals surface area (Å²) in [6.45, 7) is 5.51. The zero-order valence-corrected chi connectivity index (χ0v) is 21.0. The number of rotatable bonds is 6. The van der Waals surface area contributed by atoms with Gasteiger partial charge in [0.15, 0.2) is 5.43 Å². The minimum atomic E-state index is -0.544. The Labute approximate surface area is 215 Å². The van der Waals surface area contributed by atoms with E-state index in [0.29, 0.717) is 36.3 Å². The van der Waals surface area contributed by atoms with Crippen LogP contribution in [0.25, 0.3) is 11.0 Å². The van der Waals surface area contributed by atoms with Gasteiger partial charge in [0, 0.05) is 13.2 Å². The lowest BCUT2D eigenvalue weighted by molar-refractivity contribution is 0.0486. The van der Waals surface area contributed by atoms with Crippen molar-refractivity contribution in [3.63, 3.8) is 0 Å². The predicted molar refractivity (Wildman–Crippen MR) is 141 cm³/mol. The fourth-order valence-electron chi connectivity index (χ4n) is 5.31. The van der Waals surface area contributed by atoms with Crippen molar-refractivity contribution in [2.75, 3.05) is 13.2 Å². The van der Waals surface area contributed by atoms with Gasteiger partial charge in [-0.3, -0.25) is 9.59 Å². The molecule has 1 aromatic heterocycles. The molecule has 0 N–H and O–H groups in total. The van der Waals surface area contributed by atoms with Crippen LogP contribution in [-0.2, 0) is 11.3 Å². The molecule has 2 atom stereocenters. The molecule has 2 aliphatic rings. The standard InChI is InChI=1S/C31H29NO5/c1-19-15-25-26(16-20(19)2)37-30-27(29(25)33)28(32(31(30)34)17-24-9-6-14-35-24)22-10-12-23(13-11-22)36-18-21-7-4-3-5-8-21/h3-5,7-8,10-13,15-16,24,28H,6,9,14,17-18H2,1-2H3. The lowest BCUT2D eigenvalue weighted by atomic mass is 9.97. The van der Waals surface area contributed by atoms with Crippen molar-refractivity contribution < 1.29 is 18.7 Å². The molecule has 6 heteroatoms. The first-order valence-electron chi connectivity index (χ1n) is 12.8. The summed E-state index contributed by atoms with van der Waals surface area (Å²) in [7, 11) is 0. The smallest absolute Gasteiger partial charge is 0.291 e. The van der Waals surface area contributed by atoms with Crippen LogP contribution < -0.4 is 10.2 Å². The third-order valence-electron chi connectivity index (χ3n) is 7.45. The number of hydrogen-bond donors (Lipinski definition) is 0. The van der Waals surface area contributed by atoms with Crippen molar-refractivity contribution in [3.8, 4) is 5.75 Å². The van der Waals surface area contributed by atoms with Crippen LogP contribution in [0.1, 0.15) is 57.3 Å². The zero-order chi connectivity index (χ0) is 25.5. The summed E-state index contributed by atoms with van der Waals surface area (Å²) < 4.78 is 17.9. The van der Waals surface area contributed by atoms with Crippen LogP contribution >= 0.6 is 0 Å². The second kappa shape index (κ2) is 9.52. The fourth-order valence-corrected chi connectivity index (χ4v) is 5.31. The van der Waals surface area contributed by atoms with Crippen molar-refractivity contribution in [2.24, 2.45) is 0 Å². The van der Waals surface area contributed by atoms with E-state index in [-0.39, 0.29) is 23.2 Å². The summed E-state index contributed by atoms with van der Waals surface area (Å²) in [5.74, 6) is 0.588. The molecule has 1 amide bonds. The first kappa shape index (κ1) is 23.5. The maximum atomic E-state index is 13.8. The molecule has 0 spiro atoms. The molecule has 2 aliphatic heterocycles. The molecule has 2 unspecified atom stereocenters.